The number of hydrogen-bond donors (Lipinski definition) is 1. The molecule has 1 aromatic heterocycles. The van der Waals surface area contributed by atoms with Gasteiger partial charge >= 0.3 is 0 Å². The Bertz CT molecular complexity index is 481. The molecule has 0 aliphatic carbocycles. The summed E-state index contributed by atoms with van der Waals surface area (Å²) in [5.74, 6) is 0. The molecular formula is C14H21N3O. The highest BCUT2D eigenvalue weighted by atomic mass is 16.5. The summed E-state index contributed by atoms with van der Waals surface area (Å²) < 4.78 is 7.36. The highest BCUT2D eigenvalue weighted by Crippen LogP contribution is 2.17. The largest absolute Gasteiger partial charge is 0.382 e. The zero-order chi connectivity index (χ0) is 12.8. The number of nitrogens with one attached hydrogen (secondary N) is 1. The molecule has 0 spiro atoms. The lowest BCUT2D eigenvalue weighted by Crippen LogP contribution is -2.29. The summed E-state index contributed by atoms with van der Waals surface area (Å²) in [5.41, 5.74) is 1.16. The first kappa shape index (κ1) is 13.1. The molecule has 2 aromatic rings. The Balaban J connectivity index is 2.18. The molecule has 0 radical (unpaired) electrons. The van der Waals surface area contributed by atoms with E-state index in [1.807, 2.05) is 18.3 Å². The first-order valence-electron chi connectivity index (χ1n) is 6.48. The minimum atomic E-state index is 0.237. The Morgan fingerprint density at radius 2 is 2.22 bits per heavy atom. The van der Waals surface area contributed by atoms with Crippen LogP contribution < -0.4 is 5.32 Å². The van der Waals surface area contributed by atoms with E-state index >= 15 is 0 Å². The smallest absolute Gasteiger partial charge is 0.0883 e. The lowest BCUT2D eigenvalue weighted by atomic mass is 10.2. The minimum absolute atomic E-state index is 0.237. The standard InChI is InChI=1S/C14H21N3O/c1-3-8-15-10-13(11-18-2)17-14-7-5-4-6-12(14)9-16-17/h4-7,9,13,15H,3,8,10-11H2,1-2H3. The second-order valence-corrected chi connectivity index (χ2v) is 4.46. The van der Waals surface area contributed by atoms with Crippen molar-refractivity contribution in [1.82, 2.24) is 15.1 Å². The van der Waals surface area contributed by atoms with Crippen LogP contribution in [-0.4, -0.2) is 36.6 Å². The summed E-state index contributed by atoms with van der Waals surface area (Å²) in [4.78, 5) is 0. The molecule has 4 heteroatoms. The van der Waals surface area contributed by atoms with E-state index in [0.29, 0.717) is 6.61 Å². The molecule has 18 heavy (non-hydrogen) atoms. The summed E-state index contributed by atoms with van der Waals surface area (Å²) >= 11 is 0. The molecule has 1 atom stereocenters. The Hall–Kier alpha value is -1.39. The van der Waals surface area contributed by atoms with Crippen LogP contribution in [0.15, 0.2) is 30.5 Å². The van der Waals surface area contributed by atoms with E-state index in [1.165, 1.54) is 5.39 Å². The maximum Gasteiger partial charge on any atom is 0.0883 e. The number of para-hydroxylation sites is 1. The third-order valence-corrected chi connectivity index (χ3v) is 3.02. The Kier molecular flexibility index (Phi) is 4.73. The number of fused-ring (bicyclic) bond motifs is 1. The van der Waals surface area contributed by atoms with Crippen LogP contribution >= 0.6 is 0 Å². The van der Waals surface area contributed by atoms with Crippen LogP contribution in [0.5, 0.6) is 0 Å². The lowest BCUT2D eigenvalue weighted by Gasteiger charge is -2.18. The average Bonchev–Trinajstić information content (AvgIpc) is 2.82. The van der Waals surface area contributed by atoms with E-state index in [9.17, 15) is 0 Å². The predicted octanol–water partition coefficient (Wildman–Crippen LogP) is 2.22. The molecule has 0 saturated carbocycles. The quantitative estimate of drug-likeness (QED) is 0.763. The third-order valence-electron chi connectivity index (χ3n) is 3.02. The van der Waals surface area contributed by atoms with E-state index in [1.54, 1.807) is 7.11 Å². The summed E-state index contributed by atoms with van der Waals surface area (Å²) in [6.45, 7) is 4.75. The second kappa shape index (κ2) is 6.52. The zero-order valence-corrected chi connectivity index (χ0v) is 11.1. The van der Waals surface area contributed by atoms with Gasteiger partial charge in [-0.05, 0) is 19.0 Å². The molecule has 0 fully saturated rings. The fourth-order valence-electron chi connectivity index (χ4n) is 2.14. The van der Waals surface area contributed by atoms with E-state index < -0.39 is 0 Å². The van der Waals surface area contributed by atoms with Gasteiger partial charge in [-0.2, -0.15) is 5.10 Å². The number of aromatic nitrogens is 2. The number of rotatable bonds is 7. The van der Waals surface area contributed by atoms with Crippen LogP contribution in [0, 0.1) is 0 Å². The molecule has 2 rings (SSSR count). The van der Waals surface area contributed by atoms with Crippen molar-refractivity contribution in [2.45, 2.75) is 19.4 Å². The fraction of sp³-hybridized carbons (Fsp3) is 0.500. The van der Waals surface area contributed by atoms with Crippen molar-refractivity contribution in [2.24, 2.45) is 0 Å². The van der Waals surface area contributed by atoms with Gasteiger partial charge in [0.25, 0.3) is 0 Å². The van der Waals surface area contributed by atoms with Crippen molar-refractivity contribution >= 4 is 10.9 Å². The molecular weight excluding hydrogens is 226 g/mol. The maximum absolute atomic E-state index is 5.31. The van der Waals surface area contributed by atoms with Crippen molar-refractivity contribution < 1.29 is 4.74 Å². The molecule has 1 N–H and O–H groups in total. The molecule has 0 aliphatic rings. The molecule has 1 aromatic carbocycles. The SMILES string of the molecule is CCCNCC(COC)n1ncc2ccccc21. The monoisotopic (exact) mass is 247 g/mol. The summed E-state index contributed by atoms with van der Waals surface area (Å²) in [6, 6.07) is 8.51. The normalized spacial score (nSPS) is 13.0. The molecule has 1 unspecified atom stereocenters. The Morgan fingerprint density at radius 1 is 1.39 bits per heavy atom. The van der Waals surface area contributed by atoms with Crippen LogP contribution in [0.1, 0.15) is 19.4 Å². The van der Waals surface area contributed by atoms with Gasteiger partial charge in [-0.25, -0.2) is 0 Å². The molecule has 98 valence electrons. The molecule has 4 nitrogen and oxygen atoms in total. The fourth-order valence-corrected chi connectivity index (χ4v) is 2.14. The van der Waals surface area contributed by atoms with Crippen LogP contribution in [0.3, 0.4) is 0 Å². The van der Waals surface area contributed by atoms with Crippen LogP contribution in [0.25, 0.3) is 10.9 Å². The van der Waals surface area contributed by atoms with Crippen molar-refractivity contribution in [2.75, 3.05) is 26.8 Å². The number of ether oxygens (including phenoxy) is 1. The van der Waals surface area contributed by atoms with Gasteiger partial charge in [0, 0.05) is 19.0 Å². The molecule has 0 amide bonds. The Labute approximate surface area is 108 Å². The molecule has 0 aliphatic heterocycles. The number of hydrogen-bond acceptors (Lipinski definition) is 3. The van der Waals surface area contributed by atoms with E-state index in [-0.39, 0.29) is 6.04 Å². The first-order valence-corrected chi connectivity index (χ1v) is 6.48. The van der Waals surface area contributed by atoms with Crippen LogP contribution in [-0.2, 0) is 4.74 Å². The molecule has 0 bridgehead atoms. The van der Waals surface area contributed by atoms with Crippen molar-refractivity contribution in [3.8, 4) is 0 Å². The Morgan fingerprint density at radius 3 is 3.00 bits per heavy atom. The summed E-state index contributed by atoms with van der Waals surface area (Å²) in [6.07, 6.45) is 3.05. The topological polar surface area (TPSA) is 39.1 Å². The highest BCUT2D eigenvalue weighted by molar-refractivity contribution is 5.78. The van der Waals surface area contributed by atoms with Gasteiger partial charge in [-0.15, -0.1) is 0 Å². The van der Waals surface area contributed by atoms with Gasteiger partial charge < -0.3 is 10.1 Å². The highest BCUT2D eigenvalue weighted by Gasteiger charge is 2.13. The van der Waals surface area contributed by atoms with Gasteiger partial charge in [0.05, 0.1) is 24.4 Å². The van der Waals surface area contributed by atoms with Gasteiger partial charge in [-0.3, -0.25) is 4.68 Å². The first-order chi connectivity index (χ1) is 8.86. The number of methoxy groups -OCH3 is 1. The predicted molar refractivity (Wildman–Crippen MR) is 73.8 cm³/mol. The zero-order valence-electron chi connectivity index (χ0n) is 11.1. The number of nitrogens with zero attached hydrogens (tertiary/aromatic N) is 2. The van der Waals surface area contributed by atoms with E-state index in [0.717, 1.165) is 25.0 Å². The van der Waals surface area contributed by atoms with Gasteiger partial charge in [-0.1, -0.05) is 25.1 Å². The summed E-state index contributed by atoms with van der Waals surface area (Å²) in [5, 5.41) is 9.10. The van der Waals surface area contributed by atoms with Crippen molar-refractivity contribution in [1.29, 1.82) is 0 Å². The number of benzene rings is 1. The maximum atomic E-state index is 5.31. The molecule has 0 saturated heterocycles. The van der Waals surface area contributed by atoms with Gasteiger partial charge in [0.15, 0.2) is 0 Å². The third kappa shape index (κ3) is 2.89. The molecule has 1 heterocycles. The van der Waals surface area contributed by atoms with Crippen molar-refractivity contribution in [3.63, 3.8) is 0 Å². The van der Waals surface area contributed by atoms with Gasteiger partial charge in [0.1, 0.15) is 0 Å². The lowest BCUT2D eigenvalue weighted by molar-refractivity contribution is 0.150. The average molecular weight is 247 g/mol. The van der Waals surface area contributed by atoms with Crippen molar-refractivity contribution in [3.05, 3.63) is 30.5 Å². The van der Waals surface area contributed by atoms with E-state index in [2.05, 4.69) is 34.2 Å². The van der Waals surface area contributed by atoms with Gasteiger partial charge in [0.2, 0.25) is 0 Å². The minimum Gasteiger partial charge on any atom is -0.382 e. The van der Waals surface area contributed by atoms with Crippen LogP contribution in [0.4, 0.5) is 0 Å². The van der Waals surface area contributed by atoms with E-state index in [4.69, 9.17) is 4.74 Å². The van der Waals surface area contributed by atoms with Crippen LogP contribution in [0.2, 0.25) is 0 Å². The summed E-state index contributed by atoms with van der Waals surface area (Å²) in [7, 11) is 1.73. The second-order valence-electron chi connectivity index (χ2n) is 4.46.